The van der Waals surface area contributed by atoms with Crippen LogP contribution in [0.1, 0.15) is 16.7 Å². The molecule has 0 radical (unpaired) electrons. The molecule has 0 aliphatic carbocycles. The first kappa shape index (κ1) is 19.4. The van der Waals surface area contributed by atoms with Crippen molar-refractivity contribution in [3.63, 3.8) is 0 Å². The second kappa shape index (κ2) is 7.68. The zero-order valence-electron chi connectivity index (χ0n) is 15.3. The van der Waals surface area contributed by atoms with Crippen LogP contribution in [-0.2, 0) is 10.1 Å². The van der Waals surface area contributed by atoms with Crippen molar-refractivity contribution in [2.75, 3.05) is 10.6 Å². The monoisotopic (exact) mass is 394 g/mol. The van der Waals surface area contributed by atoms with Crippen molar-refractivity contribution in [2.45, 2.75) is 18.7 Å². The van der Waals surface area contributed by atoms with Crippen LogP contribution in [0.2, 0.25) is 0 Å². The highest BCUT2D eigenvalue weighted by molar-refractivity contribution is 7.85. The molecule has 3 aromatic rings. The fraction of sp³-hybridized carbons (Fsp3) is 0.100. The quantitative estimate of drug-likeness (QED) is 0.552. The number of para-hydroxylation sites is 1. The fourth-order valence-corrected chi connectivity index (χ4v) is 3.13. The Morgan fingerprint density at radius 3 is 2.04 bits per heavy atom. The van der Waals surface area contributed by atoms with Crippen molar-refractivity contribution in [2.24, 2.45) is 0 Å². The lowest BCUT2D eigenvalue weighted by molar-refractivity contribution is 0.483. The Hall–Kier alpha value is -3.41. The van der Waals surface area contributed by atoms with Gasteiger partial charge in [-0.05, 0) is 61.4 Å². The number of nitrogens with one attached hydrogen (secondary N) is 2. The minimum absolute atomic E-state index is 0.190. The molecule has 28 heavy (non-hydrogen) atoms. The molecule has 2 aromatic carbocycles. The van der Waals surface area contributed by atoms with Gasteiger partial charge in [0.05, 0.1) is 10.5 Å². The lowest BCUT2D eigenvalue weighted by Crippen LogP contribution is -2.06. The van der Waals surface area contributed by atoms with Gasteiger partial charge in [0.15, 0.2) is 5.82 Å². The largest absolute Gasteiger partial charge is 0.340 e. The third kappa shape index (κ3) is 4.11. The highest BCUT2D eigenvalue weighted by atomic mass is 32.2. The molecule has 8 heteroatoms. The van der Waals surface area contributed by atoms with Crippen molar-refractivity contribution < 1.29 is 13.0 Å². The minimum atomic E-state index is -4.25. The molecule has 142 valence electrons. The molecule has 0 saturated carbocycles. The predicted octanol–water partition coefficient (Wildman–Crippen LogP) is 4.30. The molecule has 0 spiro atoms. The first-order valence-corrected chi connectivity index (χ1v) is 9.81. The molecule has 0 atom stereocenters. The summed E-state index contributed by atoms with van der Waals surface area (Å²) < 4.78 is 31.4. The molecule has 7 nitrogen and oxygen atoms in total. The summed E-state index contributed by atoms with van der Waals surface area (Å²) in [5.41, 5.74) is 3.44. The average molecular weight is 394 g/mol. The van der Waals surface area contributed by atoms with Gasteiger partial charge >= 0.3 is 0 Å². The highest BCUT2D eigenvalue weighted by Crippen LogP contribution is 2.30. The van der Waals surface area contributed by atoms with E-state index in [1.54, 1.807) is 0 Å². The van der Waals surface area contributed by atoms with E-state index >= 15 is 0 Å². The molecule has 1 heterocycles. The third-order valence-corrected chi connectivity index (χ3v) is 5.18. The van der Waals surface area contributed by atoms with Crippen LogP contribution < -0.4 is 10.6 Å². The van der Waals surface area contributed by atoms with Crippen molar-refractivity contribution in [3.8, 4) is 6.07 Å². The average Bonchev–Trinajstić information content (AvgIpc) is 2.67. The van der Waals surface area contributed by atoms with Crippen LogP contribution in [0, 0.1) is 25.2 Å². The van der Waals surface area contributed by atoms with E-state index in [1.165, 1.54) is 24.3 Å². The maximum atomic E-state index is 11.2. The zero-order valence-corrected chi connectivity index (χ0v) is 16.1. The fourth-order valence-electron chi connectivity index (χ4n) is 2.65. The smallest absolute Gasteiger partial charge is 0.294 e. The molecule has 0 amide bonds. The summed E-state index contributed by atoms with van der Waals surface area (Å²) in [5, 5.41) is 15.9. The Balaban J connectivity index is 1.98. The number of nitriles is 1. The number of pyridine rings is 1. The normalized spacial score (nSPS) is 10.9. The van der Waals surface area contributed by atoms with Gasteiger partial charge < -0.3 is 10.6 Å². The van der Waals surface area contributed by atoms with Crippen molar-refractivity contribution in [1.82, 2.24) is 4.98 Å². The van der Waals surface area contributed by atoms with E-state index in [-0.39, 0.29) is 4.90 Å². The molecule has 0 fully saturated rings. The standard InChI is InChI=1S/C20H18N4O3S/c1-13-14(2)19(22-16-8-10-17(11-9-16)28(25,26)27)24-20(18(13)12-21)23-15-6-4-3-5-7-15/h3-11H,1-2H3,(H2,22,23,24)(H,25,26,27). The lowest BCUT2D eigenvalue weighted by Gasteiger charge is -2.16. The van der Waals surface area contributed by atoms with Gasteiger partial charge in [-0.15, -0.1) is 0 Å². The molecule has 0 aliphatic heterocycles. The van der Waals surface area contributed by atoms with E-state index in [0.717, 1.165) is 16.8 Å². The lowest BCUT2D eigenvalue weighted by atomic mass is 10.1. The molecule has 1 aromatic heterocycles. The van der Waals surface area contributed by atoms with Crippen LogP contribution in [0.5, 0.6) is 0 Å². The Kier molecular flexibility index (Phi) is 5.31. The summed E-state index contributed by atoms with van der Waals surface area (Å²) in [6.07, 6.45) is 0. The molecule has 0 aliphatic rings. The van der Waals surface area contributed by atoms with Crippen LogP contribution in [0.3, 0.4) is 0 Å². The summed E-state index contributed by atoms with van der Waals surface area (Å²) in [4.78, 5) is 4.36. The van der Waals surface area contributed by atoms with E-state index in [1.807, 2.05) is 44.2 Å². The van der Waals surface area contributed by atoms with Crippen molar-refractivity contribution >= 4 is 33.1 Å². The number of nitrogens with zero attached hydrogens (tertiary/aromatic N) is 2. The topological polar surface area (TPSA) is 115 Å². The van der Waals surface area contributed by atoms with E-state index in [4.69, 9.17) is 4.55 Å². The van der Waals surface area contributed by atoms with Crippen LogP contribution in [0.4, 0.5) is 23.0 Å². The molecule has 0 bridgehead atoms. The number of rotatable bonds is 5. The number of anilines is 4. The number of aromatic nitrogens is 1. The molecule has 0 saturated heterocycles. The zero-order chi connectivity index (χ0) is 20.3. The van der Waals surface area contributed by atoms with E-state index in [2.05, 4.69) is 21.7 Å². The Morgan fingerprint density at radius 2 is 1.46 bits per heavy atom. The maximum absolute atomic E-state index is 11.2. The van der Waals surface area contributed by atoms with Gasteiger partial charge in [-0.2, -0.15) is 13.7 Å². The summed E-state index contributed by atoms with van der Waals surface area (Å²) in [6, 6.07) is 17.3. The van der Waals surface area contributed by atoms with Gasteiger partial charge in [0.25, 0.3) is 10.1 Å². The summed E-state index contributed by atoms with van der Waals surface area (Å²) in [5.74, 6) is 0.961. The second-order valence-electron chi connectivity index (χ2n) is 6.16. The third-order valence-electron chi connectivity index (χ3n) is 4.32. The molecule has 0 unspecified atom stereocenters. The minimum Gasteiger partial charge on any atom is -0.340 e. The predicted molar refractivity (Wildman–Crippen MR) is 108 cm³/mol. The van der Waals surface area contributed by atoms with Crippen LogP contribution in [-0.4, -0.2) is 18.0 Å². The SMILES string of the molecule is Cc1c(Nc2ccc(S(=O)(=O)O)cc2)nc(Nc2ccccc2)c(C#N)c1C. The maximum Gasteiger partial charge on any atom is 0.294 e. The summed E-state index contributed by atoms with van der Waals surface area (Å²) in [6.45, 7) is 3.70. The van der Waals surface area contributed by atoms with E-state index in [0.29, 0.717) is 22.9 Å². The first-order valence-electron chi connectivity index (χ1n) is 8.37. The van der Waals surface area contributed by atoms with E-state index in [9.17, 15) is 13.7 Å². The Bertz CT molecular complexity index is 1150. The summed E-state index contributed by atoms with van der Waals surface area (Å²) >= 11 is 0. The van der Waals surface area contributed by atoms with Gasteiger partial charge in [0, 0.05) is 11.4 Å². The molecule has 3 rings (SSSR count). The molecular weight excluding hydrogens is 376 g/mol. The summed E-state index contributed by atoms with van der Waals surface area (Å²) in [7, 11) is -4.25. The van der Waals surface area contributed by atoms with Gasteiger partial charge in [-0.25, -0.2) is 4.98 Å². The number of hydrogen-bond donors (Lipinski definition) is 3. The van der Waals surface area contributed by atoms with Crippen LogP contribution >= 0.6 is 0 Å². The highest BCUT2D eigenvalue weighted by Gasteiger charge is 2.15. The van der Waals surface area contributed by atoms with Gasteiger partial charge in [0.1, 0.15) is 11.9 Å². The Morgan fingerprint density at radius 1 is 0.893 bits per heavy atom. The second-order valence-corrected chi connectivity index (χ2v) is 7.58. The van der Waals surface area contributed by atoms with Gasteiger partial charge in [-0.1, -0.05) is 18.2 Å². The van der Waals surface area contributed by atoms with Crippen molar-refractivity contribution in [3.05, 3.63) is 71.3 Å². The number of hydrogen-bond acceptors (Lipinski definition) is 6. The van der Waals surface area contributed by atoms with Crippen LogP contribution in [0.25, 0.3) is 0 Å². The number of benzene rings is 2. The van der Waals surface area contributed by atoms with Crippen molar-refractivity contribution in [1.29, 1.82) is 5.26 Å². The van der Waals surface area contributed by atoms with Crippen LogP contribution in [0.15, 0.2) is 59.5 Å². The Labute approximate surface area is 163 Å². The first-order chi connectivity index (χ1) is 13.3. The molecular formula is C20H18N4O3S. The molecule has 3 N–H and O–H groups in total. The van der Waals surface area contributed by atoms with E-state index < -0.39 is 10.1 Å². The van der Waals surface area contributed by atoms with Gasteiger partial charge in [0.2, 0.25) is 0 Å². The van der Waals surface area contributed by atoms with Gasteiger partial charge in [-0.3, -0.25) is 4.55 Å².